The van der Waals surface area contributed by atoms with Crippen LogP contribution in [-0.4, -0.2) is 61.7 Å². The van der Waals surface area contributed by atoms with Crippen molar-refractivity contribution >= 4 is 27.7 Å². The number of carbonyl (C=O) groups is 3. The monoisotopic (exact) mass is 490 g/mol. The van der Waals surface area contributed by atoms with Crippen molar-refractivity contribution in [3.8, 4) is 0 Å². The summed E-state index contributed by atoms with van der Waals surface area (Å²) >= 11 is 0. The van der Waals surface area contributed by atoms with Crippen LogP contribution in [0.3, 0.4) is 0 Å². The molecule has 34 heavy (non-hydrogen) atoms. The minimum Gasteiger partial charge on any atom is -0.465 e. The molecule has 1 atom stereocenters. The molecule has 0 amide bonds. The summed E-state index contributed by atoms with van der Waals surface area (Å²) in [6.07, 6.45) is 2.42. The van der Waals surface area contributed by atoms with E-state index in [1.54, 1.807) is 13.8 Å². The van der Waals surface area contributed by atoms with Crippen LogP contribution >= 0.6 is 0 Å². The van der Waals surface area contributed by atoms with Gasteiger partial charge in [-0.1, -0.05) is 18.9 Å². The number of rotatable bonds is 7. The van der Waals surface area contributed by atoms with Crippen molar-refractivity contribution in [2.45, 2.75) is 57.5 Å². The number of methoxy groups -OCH3 is 1. The molecule has 1 N–H and O–H groups in total. The summed E-state index contributed by atoms with van der Waals surface area (Å²) < 4.78 is 37.7. The molecule has 2 heterocycles. The quantitative estimate of drug-likeness (QED) is 0.466. The fraction of sp³-hybridized carbons (Fsp3) is 0.458. The first kappa shape index (κ1) is 25.6. The Morgan fingerprint density at radius 1 is 1.03 bits per heavy atom. The number of Topliss-reactive ketones (excluding diaryl/α,β-unsaturated/α-hetero) is 1. The fourth-order valence-corrected chi connectivity index (χ4v) is 5.67. The van der Waals surface area contributed by atoms with Crippen LogP contribution in [0.25, 0.3) is 0 Å². The number of benzene rings is 1. The molecule has 0 radical (unpaired) electrons. The van der Waals surface area contributed by atoms with E-state index in [-0.39, 0.29) is 21.7 Å². The lowest BCUT2D eigenvalue weighted by atomic mass is 10.1. The minimum atomic E-state index is -3.74. The average Bonchev–Trinajstić information content (AvgIpc) is 2.99. The van der Waals surface area contributed by atoms with Crippen molar-refractivity contribution in [3.63, 3.8) is 0 Å². The molecule has 0 bridgehead atoms. The molecule has 0 unspecified atom stereocenters. The third-order valence-electron chi connectivity index (χ3n) is 6.00. The summed E-state index contributed by atoms with van der Waals surface area (Å²) in [4.78, 5) is 40.5. The molecule has 1 saturated heterocycles. The van der Waals surface area contributed by atoms with Gasteiger partial charge in [-0.05, 0) is 57.4 Å². The van der Waals surface area contributed by atoms with E-state index in [2.05, 4.69) is 4.98 Å². The summed E-state index contributed by atoms with van der Waals surface area (Å²) in [5, 5.41) is 0. The lowest BCUT2D eigenvalue weighted by Gasteiger charge is -2.20. The molecule has 184 valence electrons. The molecule has 1 aromatic carbocycles. The normalized spacial score (nSPS) is 15.9. The first-order chi connectivity index (χ1) is 16.1. The number of sulfonamides is 1. The van der Waals surface area contributed by atoms with Crippen LogP contribution in [0.1, 0.15) is 75.1 Å². The number of esters is 2. The molecular weight excluding hydrogens is 460 g/mol. The Hall–Kier alpha value is -2.98. The second-order valence-electron chi connectivity index (χ2n) is 8.37. The van der Waals surface area contributed by atoms with E-state index in [1.165, 1.54) is 42.6 Å². The molecular formula is C24H30N2O7S. The third-order valence-corrected chi connectivity index (χ3v) is 7.89. The number of aromatic nitrogens is 1. The van der Waals surface area contributed by atoms with E-state index in [9.17, 15) is 22.8 Å². The van der Waals surface area contributed by atoms with Gasteiger partial charge in [-0.25, -0.2) is 18.0 Å². The van der Waals surface area contributed by atoms with Crippen molar-refractivity contribution in [2.75, 3.05) is 20.2 Å². The van der Waals surface area contributed by atoms with Crippen LogP contribution < -0.4 is 0 Å². The Labute approximate surface area is 199 Å². The first-order valence-electron chi connectivity index (χ1n) is 11.2. The summed E-state index contributed by atoms with van der Waals surface area (Å²) in [6, 6.07) is 5.65. The molecule has 1 aliphatic heterocycles. The molecule has 2 aromatic rings. The smallest absolute Gasteiger partial charge is 0.339 e. The summed E-state index contributed by atoms with van der Waals surface area (Å²) in [7, 11) is -2.49. The minimum absolute atomic E-state index is 0.0152. The van der Waals surface area contributed by atoms with Crippen molar-refractivity contribution in [1.82, 2.24) is 9.29 Å². The third kappa shape index (κ3) is 5.23. The molecule has 1 aromatic heterocycles. The molecule has 1 fully saturated rings. The number of ether oxygens (including phenoxy) is 2. The van der Waals surface area contributed by atoms with E-state index in [4.69, 9.17) is 9.47 Å². The standard InChI is InChI=1S/C24H30N2O7S/c1-15-20(24(29)32-4)16(2)25-21(15)22(27)17(3)33-23(28)18-10-9-11-19(14-18)34(30,31)26-12-7-5-6-8-13-26/h9-11,14,17,25H,5-8,12-13H2,1-4H3/t17-/m1/s1. The topological polar surface area (TPSA) is 123 Å². The van der Waals surface area contributed by atoms with Gasteiger partial charge >= 0.3 is 11.9 Å². The number of aromatic amines is 1. The largest absolute Gasteiger partial charge is 0.465 e. The Bertz CT molecular complexity index is 1190. The van der Waals surface area contributed by atoms with Gasteiger partial charge in [-0.15, -0.1) is 0 Å². The zero-order valence-electron chi connectivity index (χ0n) is 19.8. The van der Waals surface area contributed by atoms with Crippen LogP contribution in [0, 0.1) is 13.8 Å². The Kier molecular flexibility index (Phi) is 7.93. The van der Waals surface area contributed by atoms with E-state index in [1.807, 2.05) is 0 Å². The highest BCUT2D eigenvalue weighted by molar-refractivity contribution is 7.89. The summed E-state index contributed by atoms with van der Waals surface area (Å²) in [5.74, 6) is -1.90. The molecule has 9 nitrogen and oxygen atoms in total. The second-order valence-corrected chi connectivity index (χ2v) is 10.3. The molecule has 1 aliphatic rings. The highest BCUT2D eigenvalue weighted by atomic mass is 32.2. The number of aryl methyl sites for hydroxylation is 1. The van der Waals surface area contributed by atoms with Crippen molar-refractivity contribution < 1.29 is 32.3 Å². The van der Waals surface area contributed by atoms with Gasteiger partial charge < -0.3 is 14.5 Å². The second kappa shape index (κ2) is 10.5. The number of ketones is 1. The van der Waals surface area contributed by atoms with E-state index < -0.39 is 33.8 Å². The maximum Gasteiger partial charge on any atom is 0.339 e. The van der Waals surface area contributed by atoms with Crippen LogP contribution in [0.2, 0.25) is 0 Å². The van der Waals surface area contributed by atoms with Gasteiger partial charge in [0.1, 0.15) is 0 Å². The van der Waals surface area contributed by atoms with Gasteiger partial charge in [0.25, 0.3) is 0 Å². The van der Waals surface area contributed by atoms with Crippen LogP contribution in [-0.2, 0) is 19.5 Å². The summed E-state index contributed by atoms with van der Waals surface area (Å²) in [6.45, 7) is 5.57. The number of nitrogens with one attached hydrogen (secondary N) is 1. The first-order valence-corrected chi connectivity index (χ1v) is 12.6. The Morgan fingerprint density at radius 2 is 1.68 bits per heavy atom. The van der Waals surface area contributed by atoms with Crippen LogP contribution in [0.4, 0.5) is 0 Å². The maximum atomic E-state index is 13.1. The maximum absolute atomic E-state index is 13.1. The SMILES string of the molecule is COC(=O)c1c(C)[nH]c(C(=O)[C@@H](C)OC(=O)c2cccc(S(=O)(=O)N3CCCCCC3)c2)c1C. The van der Waals surface area contributed by atoms with Gasteiger partial charge in [0.15, 0.2) is 6.10 Å². The van der Waals surface area contributed by atoms with Gasteiger partial charge in [0, 0.05) is 18.8 Å². The number of hydrogen-bond donors (Lipinski definition) is 1. The van der Waals surface area contributed by atoms with Crippen molar-refractivity contribution in [2.24, 2.45) is 0 Å². The van der Waals surface area contributed by atoms with Gasteiger partial charge in [-0.3, -0.25) is 4.79 Å². The zero-order chi connectivity index (χ0) is 25.0. The predicted molar refractivity (Wildman–Crippen MR) is 124 cm³/mol. The van der Waals surface area contributed by atoms with Gasteiger partial charge in [0.2, 0.25) is 15.8 Å². The molecule has 0 saturated carbocycles. The Balaban J connectivity index is 1.77. The van der Waals surface area contributed by atoms with Crippen LogP contribution in [0.15, 0.2) is 29.2 Å². The molecule has 0 aliphatic carbocycles. The van der Waals surface area contributed by atoms with E-state index in [0.29, 0.717) is 24.3 Å². The fourth-order valence-electron chi connectivity index (χ4n) is 4.10. The highest BCUT2D eigenvalue weighted by Crippen LogP contribution is 2.23. The van der Waals surface area contributed by atoms with E-state index >= 15 is 0 Å². The number of H-pyrrole nitrogens is 1. The summed E-state index contributed by atoms with van der Waals surface area (Å²) in [5.41, 5.74) is 1.32. The van der Waals surface area contributed by atoms with Crippen LogP contribution in [0.5, 0.6) is 0 Å². The Morgan fingerprint density at radius 3 is 2.29 bits per heavy atom. The van der Waals surface area contributed by atoms with Gasteiger partial charge in [0.05, 0.1) is 28.8 Å². The highest BCUT2D eigenvalue weighted by Gasteiger charge is 2.29. The molecule has 10 heteroatoms. The molecule has 3 rings (SSSR count). The average molecular weight is 491 g/mol. The number of carbonyl (C=O) groups excluding carboxylic acids is 3. The number of nitrogens with zero attached hydrogens (tertiary/aromatic N) is 1. The van der Waals surface area contributed by atoms with Crippen molar-refractivity contribution in [1.29, 1.82) is 0 Å². The van der Waals surface area contributed by atoms with E-state index in [0.717, 1.165) is 25.7 Å². The lowest BCUT2D eigenvalue weighted by molar-refractivity contribution is 0.0316. The predicted octanol–water partition coefficient (Wildman–Crippen LogP) is 3.41. The zero-order valence-corrected chi connectivity index (χ0v) is 20.7. The van der Waals surface area contributed by atoms with Crippen molar-refractivity contribution in [3.05, 3.63) is 52.3 Å². The van der Waals surface area contributed by atoms with Gasteiger partial charge in [-0.2, -0.15) is 4.31 Å². The lowest BCUT2D eigenvalue weighted by Crippen LogP contribution is -2.32. The molecule has 0 spiro atoms. The number of hydrogen-bond acceptors (Lipinski definition) is 7.